The van der Waals surface area contributed by atoms with Gasteiger partial charge in [0.25, 0.3) is 0 Å². The average molecular weight is 379 g/mol. The highest BCUT2D eigenvalue weighted by Crippen LogP contribution is 2.34. The van der Waals surface area contributed by atoms with Crippen LogP contribution in [0.3, 0.4) is 0 Å². The molecule has 7 heteroatoms. The first-order valence-corrected chi connectivity index (χ1v) is 9.52. The molecule has 28 heavy (non-hydrogen) atoms. The monoisotopic (exact) mass is 379 g/mol. The standard InChI is InChI=1S/C21H21N3O4/c25-21(22-15-5-6-18-19(11-15)27-13-26-18)14-7-9-24(10-8-14)12-20-23-16-3-1-2-4-17(16)28-20/h1-6,11,14H,7-10,12-13H2,(H,22,25). The Labute approximate surface area is 162 Å². The van der Waals surface area contributed by atoms with Gasteiger partial charge in [0.05, 0.1) is 6.54 Å². The summed E-state index contributed by atoms with van der Waals surface area (Å²) in [5.74, 6) is 2.17. The summed E-state index contributed by atoms with van der Waals surface area (Å²) in [4.78, 5) is 19.4. The number of hydrogen-bond donors (Lipinski definition) is 1. The fourth-order valence-corrected chi connectivity index (χ4v) is 3.75. The number of anilines is 1. The second kappa shape index (κ2) is 7.16. The van der Waals surface area contributed by atoms with Gasteiger partial charge in [0.2, 0.25) is 18.6 Å². The van der Waals surface area contributed by atoms with Gasteiger partial charge in [-0.2, -0.15) is 0 Å². The normalized spacial score (nSPS) is 17.1. The van der Waals surface area contributed by atoms with E-state index in [4.69, 9.17) is 13.9 Å². The molecular weight excluding hydrogens is 358 g/mol. The number of oxazole rings is 1. The number of nitrogens with zero attached hydrogens (tertiary/aromatic N) is 2. The smallest absolute Gasteiger partial charge is 0.231 e. The van der Waals surface area contributed by atoms with Crippen LogP contribution in [0.4, 0.5) is 5.69 Å². The van der Waals surface area contributed by atoms with Crippen molar-refractivity contribution in [1.82, 2.24) is 9.88 Å². The molecule has 1 amide bonds. The minimum atomic E-state index is 0.00491. The number of benzene rings is 2. The number of likely N-dealkylation sites (tertiary alicyclic amines) is 1. The molecule has 0 unspecified atom stereocenters. The molecule has 0 spiro atoms. The summed E-state index contributed by atoms with van der Waals surface area (Å²) in [6, 6.07) is 13.3. The maximum atomic E-state index is 12.6. The number of ether oxygens (including phenoxy) is 2. The van der Waals surface area contributed by atoms with Gasteiger partial charge in [0, 0.05) is 17.7 Å². The number of rotatable bonds is 4. The van der Waals surface area contributed by atoms with Crippen molar-refractivity contribution in [2.45, 2.75) is 19.4 Å². The van der Waals surface area contributed by atoms with Crippen LogP contribution >= 0.6 is 0 Å². The highest BCUT2D eigenvalue weighted by molar-refractivity contribution is 5.93. The molecule has 0 atom stereocenters. The minimum Gasteiger partial charge on any atom is -0.454 e. The summed E-state index contributed by atoms with van der Waals surface area (Å²) >= 11 is 0. The van der Waals surface area contributed by atoms with E-state index in [0.717, 1.165) is 48.6 Å². The first-order chi connectivity index (χ1) is 13.7. The molecule has 5 rings (SSSR count). The SMILES string of the molecule is O=C(Nc1ccc2c(c1)OCO2)C1CCN(Cc2nc3ccccc3o2)CC1. The molecule has 1 N–H and O–H groups in total. The number of carbonyl (C=O) groups excluding carboxylic acids is 1. The van der Waals surface area contributed by atoms with Crippen LogP contribution < -0.4 is 14.8 Å². The zero-order valence-corrected chi connectivity index (χ0v) is 15.4. The predicted molar refractivity (Wildman–Crippen MR) is 103 cm³/mol. The molecule has 2 aromatic carbocycles. The Morgan fingerprint density at radius 3 is 2.79 bits per heavy atom. The molecule has 2 aliphatic heterocycles. The molecule has 7 nitrogen and oxygen atoms in total. The summed E-state index contributed by atoms with van der Waals surface area (Å²) in [6.07, 6.45) is 1.63. The van der Waals surface area contributed by atoms with Gasteiger partial charge in [-0.1, -0.05) is 12.1 Å². The Kier molecular flexibility index (Phi) is 4.37. The lowest BCUT2D eigenvalue weighted by molar-refractivity contribution is -0.121. The van der Waals surface area contributed by atoms with Gasteiger partial charge in [-0.3, -0.25) is 9.69 Å². The highest BCUT2D eigenvalue weighted by atomic mass is 16.7. The van der Waals surface area contributed by atoms with Crippen molar-refractivity contribution in [1.29, 1.82) is 0 Å². The zero-order valence-electron chi connectivity index (χ0n) is 15.4. The fraction of sp³-hybridized carbons (Fsp3) is 0.333. The maximum Gasteiger partial charge on any atom is 0.231 e. The molecule has 3 heterocycles. The van der Waals surface area contributed by atoms with E-state index in [1.807, 2.05) is 42.5 Å². The van der Waals surface area contributed by atoms with E-state index in [1.54, 1.807) is 0 Å². The van der Waals surface area contributed by atoms with Crippen molar-refractivity contribution >= 4 is 22.7 Å². The van der Waals surface area contributed by atoms with Crippen LogP contribution in [0.15, 0.2) is 46.9 Å². The second-order valence-corrected chi connectivity index (χ2v) is 7.18. The largest absolute Gasteiger partial charge is 0.454 e. The van der Waals surface area contributed by atoms with Gasteiger partial charge in [-0.25, -0.2) is 4.98 Å². The molecule has 1 aromatic heterocycles. The second-order valence-electron chi connectivity index (χ2n) is 7.18. The predicted octanol–water partition coefficient (Wildman–Crippen LogP) is 3.41. The summed E-state index contributed by atoms with van der Waals surface area (Å²) in [7, 11) is 0. The molecule has 0 aliphatic carbocycles. The lowest BCUT2D eigenvalue weighted by atomic mass is 9.96. The maximum absolute atomic E-state index is 12.6. The van der Waals surface area contributed by atoms with E-state index >= 15 is 0 Å². The van der Waals surface area contributed by atoms with Crippen molar-refractivity contribution in [3.05, 3.63) is 48.4 Å². The van der Waals surface area contributed by atoms with Crippen LogP contribution in [0.2, 0.25) is 0 Å². The Bertz CT molecular complexity index is 975. The molecule has 144 valence electrons. The molecule has 0 bridgehead atoms. The number of carbonyl (C=O) groups is 1. The Hall–Kier alpha value is -3.06. The molecule has 2 aliphatic rings. The molecule has 0 radical (unpaired) electrons. The molecular formula is C21H21N3O4. The number of nitrogens with one attached hydrogen (secondary N) is 1. The summed E-state index contributed by atoms with van der Waals surface area (Å²) in [5.41, 5.74) is 2.44. The fourth-order valence-electron chi connectivity index (χ4n) is 3.75. The topological polar surface area (TPSA) is 76.8 Å². The lowest BCUT2D eigenvalue weighted by Gasteiger charge is -2.30. The van der Waals surface area contributed by atoms with Crippen LogP contribution in [0, 0.1) is 5.92 Å². The third-order valence-corrected chi connectivity index (χ3v) is 5.30. The first kappa shape index (κ1) is 17.1. The summed E-state index contributed by atoms with van der Waals surface area (Å²) in [6.45, 7) is 2.59. The van der Waals surface area contributed by atoms with Crippen molar-refractivity contribution in [3.63, 3.8) is 0 Å². The number of amides is 1. The lowest BCUT2D eigenvalue weighted by Crippen LogP contribution is -2.37. The summed E-state index contributed by atoms with van der Waals surface area (Å²) in [5, 5.41) is 3.00. The Morgan fingerprint density at radius 2 is 1.93 bits per heavy atom. The van der Waals surface area contributed by atoms with E-state index < -0.39 is 0 Å². The van der Waals surface area contributed by atoms with Crippen molar-refractivity contribution < 1.29 is 18.7 Å². The number of fused-ring (bicyclic) bond motifs is 2. The quantitative estimate of drug-likeness (QED) is 0.749. The summed E-state index contributed by atoms with van der Waals surface area (Å²) < 4.78 is 16.5. The van der Waals surface area contributed by atoms with E-state index in [9.17, 15) is 4.79 Å². The van der Waals surface area contributed by atoms with Crippen LogP contribution in [0.1, 0.15) is 18.7 Å². The van der Waals surface area contributed by atoms with Gasteiger partial charge in [-0.15, -0.1) is 0 Å². The number of aromatic nitrogens is 1. The third kappa shape index (κ3) is 3.41. The van der Waals surface area contributed by atoms with E-state index in [-0.39, 0.29) is 18.6 Å². The van der Waals surface area contributed by atoms with Crippen molar-refractivity contribution in [3.8, 4) is 11.5 Å². The Balaban J connectivity index is 1.16. The van der Waals surface area contributed by atoms with Crippen LogP contribution in [-0.4, -0.2) is 35.7 Å². The van der Waals surface area contributed by atoms with Crippen LogP contribution in [0.25, 0.3) is 11.1 Å². The Morgan fingerprint density at radius 1 is 1.11 bits per heavy atom. The molecule has 1 fully saturated rings. The van der Waals surface area contributed by atoms with E-state index in [2.05, 4.69) is 15.2 Å². The first-order valence-electron chi connectivity index (χ1n) is 9.52. The van der Waals surface area contributed by atoms with Gasteiger partial charge in [0.1, 0.15) is 5.52 Å². The van der Waals surface area contributed by atoms with E-state index in [0.29, 0.717) is 18.0 Å². The van der Waals surface area contributed by atoms with E-state index in [1.165, 1.54) is 0 Å². The molecule has 3 aromatic rings. The van der Waals surface area contributed by atoms with Gasteiger partial charge >= 0.3 is 0 Å². The van der Waals surface area contributed by atoms with Crippen molar-refractivity contribution in [2.24, 2.45) is 5.92 Å². The molecule has 0 saturated carbocycles. The van der Waals surface area contributed by atoms with Gasteiger partial charge < -0.3 is 19.2 Å². The number of para-hydroxylation sites is 2. The van der Waals surface area contributed by atoms with Crippen LogP contribution in [-0.2, 0) is 11.3 Å². The van der Waals surface area contributed by atoms with Crippen LogP contribution in [0.5, 0.6) is 11.5 Å². The highest BCUT2D eigenvalue weighted by Gasteiger charge is 2.26. The zero-order chi connectivity index (χ0) is 18.9. The molecule has 1 saturated heterocycles. The number of hydrogen-bond acceptors (Lipinski definition) is 6. The number of piperidine rings is 1. The average Bonchev–Trinajstić information content (AvgIpc) is 3.34. The van der Waals surface area contributed by atoms with Gasteiger partial charge in [-0.05, 0) is 50.2 Å². The minimum absolute atomic E-state index is 0.00491. The van der Waals surface area contributed by atoms with Crippen molar-refractivity contribution in [2.75, 3.05) is 25.2 Å². The third-order valence-electron chi connectivity index (χ3n) is 5.30. The van der Waals surface area contributed by atoms with Gasteiger partial charge in [0.15, 0.2) is 17.1 Å².